The molecule has 0 bridgehead atoms. The standard InChI is InChI=1S/C41H32N2S/c1-41(2)34-19-9-11-22-37(34)44-39-32(18-12-20-35(39)41)31-16-7-6-15-30(31)27-23-25-28(26-24-27)38-33-17-8-10-21-36(33)42-40(43-38)29-13-4-3-5-14-29/h3-26,40,42H,1-2H3. The summed E-state index contributed by atoms with van der Waals surface area (Å²) in [6.07, 6.45) is -0.127. The number of anilines is 1. The lowest BCUT2D eigenvalue weighted by molar-refractivity contribution is 0.608. The van der Waals surface area contributed by atoms with Gasteiger partial charge >= 0.3 is 0 Å². The van der Waals surface area contributed by atoms with Gasteiger partial charge in [-0.05, 0) is 51.1 Å². The van der Waals surface area contributed by atoms with Gasteiger partial charge in [0.05, 0.1) is 5.71 Å². The molecule has 44 heavy (non-hydrogen) atoms. The Labute approximate surface area is 263 Å². The molecule has 2 aliphatic rings. The lowest BCUT2D eigenvalue weighted by Crippen LogP contribution is -2.23. The van der Waals surface area contributed by atoms with Gasteiger partial charge in [0, 0.05) is 32.0 Å². The third-order valence-corrected chi connectivity index (χ3v) is 10.2. The van der Waals surface area contributed by atoms with E-state index >= 15 is 0 Å². The fourth-order valence-electron chi connectivity index (χ4n) is 6.67. The number of nitrogens with one attached hydrogen (secondary N) is 1. The first-order chi connectivity index (χ1) is 21.6. The SMILES string of the molecule is CC1(C)c2ccccc2Sc2c(-c3ccccc3-c3ccc(C4=NC(c5ccccc5)Nc5ccccc54)cc3)cccc21. The van der Waals surface area contributed by atoms with Gasteiger partial charge in [0.25, 0.3) is 0 Å². The molecule has 8 rings (SSSR count). The zero-order valence-corrected chi connectivity index (χ0v) is 25.6. The van der Waals surface area contributed by atoms with Crippen molar-refractivity contribution in [3.63, 3.8) is 0 Å². The summed E-state index contributed by atoms with van der Waals surface area (Å²) < 4.78 is 0. The van der Waals surface area contributed by atoms with E-state index in [-0.39, 0.29) is 11.6 Å². The minimum Gasteiger partial charge on any atom is -0.360 e. The molecule has 3 heteroatoms. The van der Waals surface area contributed by atoms with Crippen LogP contribution in [0, 0.1) is 0 Å². The lowest BCUT2D eigenvalue weighted by Gasteiger charge is -2.35. The lowest BCUT2D eigenvalue weighted by atomic mass is 9.76. The smallest absolute Gasteiger partial charge is 0.145 e. The van der Waals surface area contributed by atoms with Gasteiger partial charge in [0.2, 0.25) is 0 Å². The summed E-state index contributed by atoms with van der Waals surface area (Å²) in [4.78, 5) is 7.91. The fourth-order valence-corrected chi connectivity index (χ4v) is 8.19. The van der Waals surface area contributed by atoms with Gasteiger partial charge in [0.15, 0.2) is 0 Å². The van der Waals surface area contributed by atoms with E-state index in [2.05, 4.69) is 159 Å². The predicted molar refractivity (Wildman–Crippen MR) is 185 cm³/mol. The van der Waals surface area contributed by atoms with E-state index in [0.717, 1.165) is 28.1 Å². The maximum Gasteiger partial charge on any atom is 0.145 e. The van der Waals surface area contributed by atoms with Crippen LogP contribution in [-0.2, 0) is 5.41 Å². The minimum absolute atomic E-state index is 0.0622. The minimum atomic E-state index is -0.127. The van der Waals surface area contributed by atoms with Crippen LogP contribution in [0.4, 0.5) is 5.69 Å². The van der Waals surface area contributed by atoms with Gasteiger partial charge in [-0.3, -0.25) is 4.99 Å². The summed E-state index contributed by atoms with van der Waals surface area (Å²) in [7, 11) is 0. The van der Waals surface area contributed by atoms with E-state index < -0.39 is 0 Å². The molecule has 0 saturated heterocycles. The highest BCUT2D eigenvalue weighted by atomic mass is 32.2. The Bertz CT molecular complexity index is 2040. The van der Waals surface area contributed by atoms with Crippen LogP contribution < -0.4 is 5.32 Å². The van der Waals surface area contributed by atoms with Crippen molar-refractivity contribution in [3.05, 3.63) is 173 Å². The molecule has 2 heterocycles. The Hall–Kier alpha value is -4.86. The van der Waals surface area contributed by atoms with Crippen LogP contribution in [0.15, 0.2) is 160 Å². The van der Waals surface area contributed by atoms with Gasteiger partial charge < -0.3 is 5.32 Å². The zero-order chi connectivity index (χ0) is 29.7. The van der Waals surface area contributed by atoms with Crippen LogP contribution in [0.2, 0.25) is 0 Å². The topological polar surface area (TPSA) is 24.4 Å². The van der Waals surface area contributed by atoms with Gasteiger partial charge in [-0.15, -0.1) is 0 Å². The second-order valence-corrected chi connectivity index (χ2v) is 13.1. The number of para-hydroxylation sites is 1. The van der Waals surface area contributed by atoms with E-state index in [0.29, 0.717) is 0 Å². The van der Waals surface area contributed by atoms with E-state index in [9.17, 15) is 0 Å². The van der Waals surface area contributed by atoms with Crippen molar-refractivity contribution < 1.29 is 0 Å². The molecule has 6 aromatic rings. The van der Waals surface area contributed by atoms with E-state index in [4.69, 9.17) is 4.99 Å². The molecule has 0 radical (unpaired) electrons. The van der Waals surface area contributed by atoms with Gasteiger partial charge in [-0.25, -0.2) is 0 Å². The van der Waals surface area contributed by atoms with E-state index in [1.807, 2.05) is 17.8 Å². The first kappa shape index (κ1) is 26.7. The highest BCUT2D eigenvalue weighted by Crippen LogP contribution is 2.52. The van der Waals surface area contributed by atoms with Crippen molar-refractivity contribution >= 4 is 23.2 Å². The second-order valence-electron chi connectivity index (χ2n) is 12.0. The van der Waals surface area contributed by atoms with Gasteiger partial charge in [0.1, 0.15) is 6.17 Å². The normalized spacial score (nSPS) is 16.1. The van der Waals surface area contributed by atoms with Crippen LogP contribution in [0.3, 0.4) is 0 Å². The molecule has 0 fully saturated rings. The summed E-state index contributed by atoms with van der Waals surface area (Å²) >= 11 is 1.90. The molecule has 0 saturated carbocycles. The fraction of sp³-hybridized carbons (Fsp3) is 0.0976. The average molecular weight is 585 g/mol. The van der Waals surface area contributed by atoms with Crippen LogP contribution >= 0.6 is 11.8 Å². The third-order valence-electron chi connectivity index (χ3n) is 9.00. The number of rotatable bonds is 4. The highest BCUT2D eigenvalue weighted by molar-refractivity contribution is 7.99. The highest BCUT2D eigenvalue weighted by Gasteiger charge is 2.34. The number of hydrogen-bond acceptors (Lipinski definition) is 3. The molecule has 1 N–H and O–H groups in total. The second kappa shape index (κ2) is 10.7. The molecule has 0 aliphatic carbocycles. The van der Waals surface area contributed by atoms with Crippen LogP contribution in [0.25, 0.3) is 22.3 Å². The molecule has 0 spiro atoms. The van der Waals surface area contributed by atoms with Crippen LogP contribution in [-0.4, -0.2) is 5.71 Å². The first-order valence-electron chi connectivity index (χ1n) is 15.2. The van der Waals surface area contributed by atoms with Crippen molar-refractivity contribution in [3.8, 4) is 22.3 Å². The van der Waals surface area contributed by atoms with Gasteiger partial charge in [-0.2, -0.15) is 0 Å². The van der Waals surface area contributed by atoms with E-state index in [1.54, 1.807) is 0 Å². The summed E-state index contributed by atoms with van der Waals surface area (Å²) in [5.74, 6) is 0. The van der Waals surface area contributed by atoms with Gasteiger partial charge in [-0.1, -0.05) is 159 Å². The van der Waals surface area contributed by atoms with Crippen molar-refractivity contribution in [2.75, 3.05) is 5.32 Å². The molecule has 6 aromatic carbocycles. The molecule has 1 atom stereocenters. The molecular weight excluding hydrogens is 553 g/mol. The van der Waals surface area contributed by atoms with Crippen molar-refractivity contribution in [1.82, 2.24) is 0 Å². The molecule has 0 aromatic heterocycles. The number of hydrogen-bond donors (Lipinski definition) is 1. The van der Waals surface area contributed by atoms with Crippen LogP contribution in [0.5, 0.6) is 0 Å². The summed E-state index contributed by atoms with van der Waals surface area (Å²) in [5, 5.41) is 3.62. The van der Waals surface area contributed by atoms with E-state index in [1.165, 1.54) is 43.2 Å². The molecular formula is C41H32N2S. The maximum atomic E-state index is 5.21. The Kier molecular flexibility index (Phi) is 6.50. The van der Waals surface area contributed by atoms with Crippen molar-refractivity contribution in [1.29, 1.82) is 0 Å². The molecule has 212 valence electrons. The zero-order valence-electron chi connectivity index (χ0n) is 24.8. The Morgan fingerprint density at radius 1 is 0.545 bits per heavy atom. The predicted octanol–water partition coefficient (Wildman–Crippen LogP) is 10.8. The molecule has 2 aliphatic heterocycles. The number of aliphatic imine (C=N–C) groups is 1. The van der Waals surface area contributed by atoms with Crippen molar-refractivity contribution in [2.24, 2.45) is 4.99 Å². The quantitative estimate of drug-likeness (QED) is 0.223. The number of nitrogens with zero attached hydrogens (tertiary/aromatic N) is 1. The molecule has 1 unspecified atom stereocenters. The molecule has 0 amide bonds. The first-order valence-corrected chi connectivity index (χ1v) is 16.0. The Morgan fingerprint density at radius 3 is 1.98 bits per heavy atom. The Balaban J connectivity index is 1.20. The summed E-state index contributed by atoms with van der Waals surface area (Å²) in [6, 6.07) is 52.3. The van der Waals surface area contributed by atoms with Crippen LogP contribution in [0.1, 0.15) is 47.8 Å². The van der Waals surface area contributed by atoms with Crippen molar-refractivity contribution in [2.45, 2.75) is 35.2 Å². The third kappa shape index (κ3) is 4.47. The Morgan fingerprint density at radius 2 is 1.16 bits per heavy atom. The summed E-state index contributed by atoms with van der Waals surface area (Å²) in [6.45, 7) is 4.70. The summed E-state index contributed by atoms with van der Waals surface area (Å²) in [5.41, 5.74) is 13.2. The number of fused-ring (bicyclic) bond motifs is 3. The largest absolute Gasteiger partial charge is 0.360 e. The number of benzene rings is 6. The maximum absolute atomic E-state index is 5.21. The molecule has 2 nitrogen and oxygen atoms in total. The average Bonchev–Trinajstić information content (AvgIpc) is 3.08. The monoisotopic (exact) mass is 584 g/mol.